The standard InChI is InChI=1S/C14H22ClN3O2/c1-3-7-14(20,8-4-2)10-12(19)17-18-13-11(15)6-5-9-16-13/h5-6,9,20H,3-4,7-8,10H2,1-2H3,(H,16,18)(H,17,19). The fraction of sp³-hybridized carbons (Fsp3) is 0.571. The Morgan fingerprint density at radius 2 is 2.05 bits per heavy atom. The fourth-order valence-electron chi connectivity index (χ4n) is 2.18. The number of nitrogens with one attached hydrogen (secondary N) is 2. The number of amides is 1. The van der Waals surface area contributed by atoms with Crippen LogP contribution in [0.4, 0.5) is 5.82 Å². The minimum Gasteiger partial charge on any atom is -0.389 e. The predicted molar refractivity (Wildman–Crippen MR) is 80.4 cm³/mol. The maximum absolute atomic E-state index is 11.9. The van der Waals surface area contributed by atoms with Crippen molar-refractivity contribution in [3.8, 4) is 0 Å². The first kappa shape index (κ1) is 16.7. The molecule has 0 atom stereocenters. The van der Waals surface area contributed by atoms with Crippen LogP contribution in [0, 0.1) is 0 Å². The highest BCUT2D eigenvalue weighted by atomic mass is 35.5. The molecule has 0 saturated carbocycles. The van der Waals surface area contributed by atoms with Gasteiger partial charge < -0.3 is 5.11 Å². The van der Waals surface area contributed by atoms with Crippen LogP contribution in [-0.4, -0.2) is 21.6 Å². The average Bonchev–Trinajstić information content (AvgIpc) is 2.38. The summed E-state index contributed by atoms with van der Waals surface area (Å²) < 4.78 is 0. The van der Waals surface area contributed by atoms with Crippen LogP contribution in [0.15, 0.2) is 18.3 Å². The Balaban J connectivity index is 2.52. The van der Waals surface area contributed by atoms with Crippen molar-refractivity contribution in [2.75, 3.05) is 5.43 Å². The fourth-order valence-corrected chi connectivity index (χ4v) is 2.35. The number of rotatable bonds is 8. The van der Waals surface area contributed by atoms with Gasteiger partial charge in [-0.2, -0.15) is 0 Å². The van der Waals surface area contributed by atoms with Crippen molar-refractivity contribution in [1.82, 2.24) is 10.4 Å². The maximum atomic E-state index is 11.9. The van der Waals surface area contributed by atoms with Crippen LogP contribution in [0.3, 0.4) is 0 Å². The van der Waals surface area contributed by atoms with Crippen LogP contribution in [0.5, 0.6) is 0 Å². The number of pyridine rings is 1. The molecule has 0 fully saturated rings. The Bertz CT molecular complexity index is 434. The Morgan fingerprint density at radius 1 is 1.40 bits per heavy atom. The van der Waals surface area contributed by atoms with Crippen LogP contribution in [0.1, 0.15) is 46.0 Å². The highest BCUT2D eigenvalue weighted by Crippen LogP contribution is 2.23. The summed E-state index contributed by atoms with van der Waals surface area (Å²) in [5, 5.41) is 10.8. The van der Waals surface area contributed by atoms with Gasteiger partial charge in [0, 0.05) is 6.20 Å². The number of aliphatic hydroxyl groups is 1. The monoisotopic (exact) mass is 299 g/mol. The summed E-state index contributed by atoms with van der Waals surface area (Å²) in [6, 6.07) is 3.38. The van der Waals surface area contributed by atoms with Gasteiger partial charge in [-0.25, -0.2) is 4.98 Å². The van der Waals surface area contributed by atoms with E-state index in [4.69, 9.17) is 11.6 Å². The van der Waals surface area contributed by atoms with E-state index in [0.717, 1.165) is 12.8 Å². The van der Waals surface area contributed by atoms with Gasteiger partial charge in [0.05, 0.1) is 17.0 Å². The highest BCUT2D eigenvalue weighted by molar-refractivity contribution is 6.32. The highest BCUT2D eigenvalue weighted by Gasteiger charge is 2.28. The normalized spacial score (nSPS) is 11.2. The molecule has 20 heavy (non-hydrogen) atoms. The van der Waals surface area contributed by atoms with Gasteiger partial charge in [-0.3, -0.25) is 15.6 Å². The molecule has 0 bridgehead atoms. The summed E-state index contributed by atoms with van der Waals surface area (Å²) in [5.41, 5.74) is 4.24. The number of anilines is 1. The first-order valence-corrected chi connectivity index (χ1v) is 7.26. The van der Waals surface area contributed by atoms with Crippen molar-refractivity contribution in [3.63, 3.8) is 0 Å². The Hall–Kier alpha value is -1.33. The zero-order chi connectivity index (χ0) is 15.0. The molecule has 0 saturated heterocycles. The number of nitrogens with zero attached hydrogens (tertiary/aromatic N) is 1. The molecule has 1 amide bonds. The second kappa shape index (κ2) is 8.07. The number of aromatic nitrogens is 1. The van der Waals surface area contributed by atoms with E-state index in [0.29, 0.717) is 23.7 Å². The summed E-state index contributed by atoms with van der Waals surface area (Å²) in [7, 11) is 0. The van der Waals surface area contributed by atoms with E-state index < -0.39 is 5.60 Å². The van der Waals surface area contributed by atoms with Gasteiger partial charge >= 0.3 is 0 Å². The van der Waals surface area contributed by atoms with Crippen molar-refractivity contribution in [2.24, 2.45) is 0 Å². The molecule has 0 aromatic carbocycles. The first-order valence-electron chi connectivity index (χ1n) is 6.88. The van der Waals surface area contributed by atoms with Gasteiger partial charge in [0.15, 0.2) is 5.82 Å². The van der Waals surface area contributed by atoms with E-state index in [1.807, 2.05) is 13.8 Å². The van der Waals surface area contributed by atoms with Gasteiger partial charge in [-0.15, -0.1) is 0 Å². The summed E-state index contributed by atoms with van der Waals surface area (Å²) in [4.78, 5) is 15.9. The zero-order valence-electron chi connectivity index (χ0n) is 11.9. The lowest BCUT2D eigenvalue weighted by atomic mass is 9.89. The lowest BCUT2D eigenvalue weighted by molar-refractivity contribution is -0.126. The molecular formula is C14H22ClN3O2. The quantitative estimate of drug-likeness (QED) is 0.645. The molecule has 1 rings (SSSR count). The lowest BCUT2D eigenvalue weighted by Crippen LogP contribution is -2.39. The molecule has 0 aliphatic rings. The van der Waals surface area contributed by atoms with Crippen LogP contribution in [-0.2, 0) is 4.79 Å². The molecule has 3 N–H and O–H groups in total. The third-order valence-corrected chi connectivity index (χ3v) is 3.30. The SMILES string of the molecule is CCCC(O)(CCC)CC(=O)NNc1ncccc1Cl. The molecule has 5 nitrogen and oxygen atoms in total. The zero-order valence-corrected chi connectivity index (χ0v) is 12.7. The molecule has 6 heteroatoms. The van der Waals surface area contributed by atoms with Crippen molar-refractivity contribution in [2.45, 2.75) is 51.6 Å². The van der Waals surface area contributed by atoms with Gasteiger partial charge in [0.1, 0.15) is 0 Å². The van der Waals surface area contributed by atoms with Crippen LogP contribution >= 0.6 is 11.6 Å². The summed E-state index contributed by atoms with van der Waals surface area (Å²) in [6.45, 7) is 3.98. The largest absolute Gasteiger partial charge is 0.389 e. The molecule has 0 spiro atoms. The van der Waals surface area contributed by atoms with Crippen molar-refractivity contribution in [3.05, 3.63) is 23.4 Å². The third kappa shape index (κ3) is 5.35. The van der Waals surface area contributed by atoms with E-state index in [2.05, 4.69) is 15.8 Å². The molecule has 1 heterocycles. The van der Waals surface area contributed by atoms with Gasteiger partial charge in [-0.1, -0.05) is 38.3 Å². The smallest absolute Gasteiger partial charge is 0.241 e. The molecule has 0 aliphatic heterocycles. The number of hydrogen-bond acceptors (Lipinski definition) is 4. The van der Waals surface area contributed by atoms with Crippen molar-refractivity contribution < 1.29 is 9.90 Å². The first-order chi connectivity index (χ1) is 9.50. The second-order valence-corrected chi connectivity index (χ2v) is 5.32. The number of hydrazine groups is 1. The van der Waals surface area contributed by atoms with Gasteiger partial charge in [0.2, 0.25) is 5.91 Å². The summed E-state index contributed by atoms with van der Waals surface area (Å²) >= 11 is 5.91. The van der Waals surface area contributed by atoms with E-state index in [1.165, 1.54) is 0 Å². The summed E-state index contributed by atoms with van der Waals surface area (Å²) in [6.07, 6.45) is 4.53. The lowest BCUT2D eigenvalue weighted by Gasteiger charge is -2.26. The average molecular weight is 300 g/mol. The van der Waals surface area contributed by atoms with Crippen LogP contribution in [0.2, 0.25) is 5.02 Å². The number of hydrogen-bond donors (Lipinski definition) is 3. The van der Waals surface area contributed by atoms with E-state index in [-0.39, 0.29) is 12.3 Å². The maximum Gasteiger partial charge on any atom is 0.241 e. The molecule has 0 aliphatic carbocycles. The van der Waals surface area contributed by atoms with Gasteiger partial charge in [-0.05, 0) is 25.0 Å². The van der Waals surface area contributed by atoms with Crippen molar-refractivity contribution >= 4 is 23.3 Å². The number of carbonyl (C=O) groups is 1. The van der Waals surface area contributed by atoms with Crippen LogP contribution in [0.25, 0.3) is 0 Å². The minimum atomic E-state index is -0.941. The van der Waals surface area contributed by atoms with Crippen molar-refractivity contribution in [1.29, 1.82) is 0 Å². The number of carbonyl (C=O) groups excluding carboxylic acids is 1. The predicted octanol–water partition coefficient (Wildman–Crippen LogP) is 2.90. The molecule has 0 unspecified atom stereocenters. The molecular weight excluding hydrogens is 278 g/mol. The third-order valence-electron chi connectivity index (χ3n) is 3.00. The molecule has 112 valence electrons. The number of halogens is 1. The Labute approximate surface area is 124 Å². The van der Waals surface area contributed by atoms with E-state index in [1.54, 1.807) is 18.3 Å². The molecule has 1 aromatic rings. The van der Waals surface area contributed by atoms with E-state index >= 15 is 0 Å². The topological polar surface area (TPSA) is 74.2 Å². The molecule has 0 radical (unpaired) electrons. The van der Waals surface area contributed by atoms with Crippen LogP contribution < -0.4 is 10.9 Å². The minimum absolute atomic E-state index is 0.0616. The summed E-state index contributed by atoms with van der Waals surface area (Å²) in [5.74, 6) is 0.105. The van der Waals surface area contributed by atoms with Gasteiger partial charge in [0.25, 0.3) is 0 Å². The Morgan fingerprint density at radius 3 is 2.60 bits per heavy atom. The van der Waals surface area contributed by atoms with E-state index in [9.17, 15) is 9.90 Å². The Kier molecular flexibility index (Phi) is 6.75. The second-order valence-electron chi connectivity index (χ2n) is 4.91. The molecule has 1 aromatic heterocycles.